The van der Waals surface area contributed by atoms with Gasteiger partial charge in [0.1, 0.15) is 22.1 Å². The highest BCUT2D eigenvalue weighted by atomic mass is 16.7. The van der Waals surface area contributed by atoms with Crippen LogP contribution >= 0.6 is 0 Å². The van der Waals surface area contributed by atoms with Crippen molar-refractivity contribution in [2.45, 2.75) is 80.1 Å². The first-order valence-corrected chi connectivity index (χ1v) is 18.3. The SMILES string of the molecule is CCOC(Cc1c2c3c(oc2n(-c2ccccc2)[n+]1CC)C(=O)c1c(oc2c1c(CC(OCC)OCC)[n+](CC)n2-c1ccccc1)C3=O)OCC. The molecule has 0 spiro atoms. The number of benzene rings is 2. The Morgan fingerprint density at radius 3 is 1.21 bits per heavy atom. The van der Waals surface area contributed by atoms with Crippen LogP contribution in [0.4, 0.5) is 0 Å². The van der Waals surface area contributed by atoms with Crippen LogP contribution in [0.5, 0.6) is 0 Å². The van der Waals surface area contributed by atoms with Crippen molar-refractivity contribution in [1.29, 1.82) is 0 Å². The fraction of sp³-hybridized carbons (Fsp3) is 0.400. The number of aromatic nitrogens is 4. The summed E-state index contributed by atoms with van der Waals surface area (Å²) < 4.78 is 45.1. The van der Waals surface area contributed by atoms with Crippen LogP contribution in [0.25, 0.3) is 33.6 Å². The van der Waals surface area contributed by atoms with Crippen LogP contribution in [0.2, 0.25) is 0 Å². The summed E-state index contributed by atoms with van der Waals surface area (Å²) in [5.41, 5.74) is 4.29. The minimum absolute atomic E-state index is 0.0172. The number of ether oxygens (including phenoxy) is 4. The molecule has 7 rings (SSSR count). The van der Waals surface area contributed by atoms with Gasteiger partial charge in [-0.15, -0.1) is 9.36 Å². The van der Waals surface area contributed by atoms with Crippen LogP contribution in [0.3, 0.4) is 0 Å². The zero-order chi connectivity index (χ0) is 36.5. The minimum Gasteiger partial charge on any atom is -0.430 e. The lowest BCUT2D eigenvalue weighted by Crippen LogP contribution is -2.46. The van der Waals surface area contributed by atoms with Crippen molar-refractivity contribution in [2.75, 3.05) is 26.4 Å². The zero-order valence-electron chi connectivity index (χ0n) is 30.6. The molecule has 6 aromatic rings. The zero-order valence-corrected chi connectivity index (χ0v) is 30.6. The van der Waals surface area contributed by atoms with Gasteiger partial charge >= 0.3 is 0 Å². The molecule has 0 saturated heterocycles. The molecule has 4 heterocycles. The van der Waals surface area contributed by atoms with Gasteiger partial charge in [0.2, 0.25) is 23.0 Å². The van der Waals surface area contributed by atoms with Gasteiger partial charge in [-0.2, -0.15) is 0 Å². The lowest BCUT2D eigenvalue weighted by Gasteiger charge is -2.16. The van der Waals surface area contributed by atoms with E-state index in [0.717, 1.165) is 22.8 Å². The molecule has 52 heavy (non-hydrogen) atoms. The third kappa shape index (κ3) is 5.79. The lowest BCUT2D eigenvalue weighted by molar-refractivity contribution is -0.768. The summed E-state index contributed by atoms with van der Waals surface area (Å²) in [6.45, 7) is 14.6. The Morgan fingerprint density at radius 2 is 0.904 bits per heavy atom. The summed E-state index contributed by atoms with van der Waals surface area (Å²) in [5, 5.41) is 1.08. The number of hydrogen-bond acceptors (Lipinski definition) is 8. The molecule has 0 aliphatic heterocycles. The van der Waals surface area contributed by atoms with Crippen LogP contribution in [0.1, 0.15) is 85.2 Å². The average Bonchev–Trinajstić information content (AvgIpc) is 3.89. The van der Waals surface area contributed by atoms with Crippen LogP contribution in [0.15, 0.2) is 69.5 Å². The highest BCUT2D eigenvalue weighted by Gasteiger charge is 2.48. The molecular formula is C40H46N4O8+2. The van der Waals surface area contributed by atoms with Gasteiger partial charge in [-0.05, 0) is 65.8 Å². The van der Waals surface area contributed by atoms with E-state index in [2.05, 4.69) is 0 Å². The molecular weight excluding hydrogens is 664 g/mol. The lowest BCUT2D eigenvalue weighted by atomic mass is 9.90. The predicted molar refractivity (Wildman–Crippen MR) is 191 cm³/mol. The molecule has 0 atom stereocenters. The highest BCUT2D eigenvalue weighted by Crippen LogP contribution is 2.42. The quantitative estimate of drug-likeness (QED) is 0.0882. The smallest absolute Gasteiger partial charge is 0.272 e. The van der Waals surface area contributed by atoms with Crippen LogP contribution in [-0.4, -0.2) is 59.9 Å². The van der Waals surface area contributed by atoms with Gasteiger partial charge in [-0.3, -0.25) is 9.59 Å². The first kappa shape index (κ1) is 35.5. The van der Waals surface area contributed by atoms with Gasteiger partial charge in [0.25, 0.3) is 11.4 Å². The van der Waals surface area contributed by atoms with Gasteiger partial charge in [-0.1, -0.05) is 45.8 Å². The number of carbonyl (C=O) groups is 2. The van der Waals surface area contributed by atoms with Gasteiger partial charge in [-0.25, -0.2) is 0 Å². The van der Waals surface area contributed by atoms with Gasteiger partial charge in [0.15, 0.2) is 37.2 Å². The third-order valence-corrected chi connectivity index (χ3v) is 9.44. The molecule has 0 fully saturated rings. The molecule has 2 aromatic carbocycles. The number of rotatable bonds is 16. The summed E-state index contributed by atoms with van der Waals surface area (Å²) in [6.07, 6.45) is -0.513. The molecule has 0 bridgehead atoms. The van der Waals surface area contributed by atoms with E-state index >= 15 is 0 Å². The van der Waals surface area contributed by atoms with Crippen molar-refractivity contribution in [3.05, 3.63) is 94.7 Å². The van der Waals surface area contributed by atoms with Crippen LogP contribution < -0.4 is 9.36 Å². The van der Waals surface area contributed by atoms with E-state index in [1.54, 1.807) is 0 Å². The van der Waals surface area contributed by atoms with E-state index in [4.69, 9.17) is 27.8 Å². The normalized spacial score (nSPS) is 13.0. The van der Waals surface area contributed by atoms with Gasteiger partial charge < -0.3 is 27.8 Å². The molecule has 272 valence electrons. The third-order valence-electron chi connectivity index (χ3n) is 9.44. The number of ketones is 2. The first-order chi connectivity index (χ1) is 25.4. The molecule has 1 aliphatic carbocycles. The van der Waals surface area contributed by atoms with Crippen LogP contribution in [0, 0.1) is 0 Å². The Morgan fingerprint density at radius 1 is 0.558 bits per heavy atom. The maximum atomic E-state index is 14.9. The number of hydrogen-bond donors (Lipinski definition) is 0. The Hall–Kier alpha value is -4.88. The number of fused-ring (bicyclic) bond motifs is 6. The molecule has 0 unspecified atom stereocenters. The topological polar surface area (TPSA) is 115 Å². The second-order valence-corrected chi connectivity index (χ2v) is 12.3. The Bertz CT molecular complexity index is 2060. The van der Waals surface area contributed by atoms with Crippen molar-refractivity contribution >= 4 is 33.8 Å². The van der Waals surface area contributed by atoms with E-state index in [1.165, 1.54) is 0 Å². The molecule has 12 nitrogen and oxygen atoms in total. The Kier molecular flexibility index (Phi) is 10.2. The number of para-hydroxylation sites is 2. The van der Waals surface area contributed by atoms with Crippen molar-refractivity contribution in [1.82, 2.24) is 9.36 Å². The molecule has 12 heteroatoms. The molecule has 4 aromatic heterocycles. The summed E-state index contributed by atoms with van der Waals surface area (Å²) in [4.78, 5) is 29.8. The minimum atomic E-state index is -0.578. The fourth-order valence-corrected chi connectivity index (χ4v) is 7.49. The maximum Gasteiger partial charge on any atom is 0.272 e. The van der Waals surface area contributed by atoms with Crippen LogP contribution in [-0.2, 0) is 44.9 Å². The van der Waals surface area contributed by atoms with E-state index in [9.17, 15) is 9.59 Å². The first-order valence-electron chi connectivity index (χ1n) is 18.3. The molecule has 0 saturated carbocycles. The summed E-state index contributed by atoms with van der Waals surface area (Å²) in [6, 6.07) is 19.5. The van der Waals surface area contributed by atoms with Crippen molar-refractivity contribution in [3.8, 4) is 11.4 Å². The van der Waals surface area contributed by atoms with E-state index < -0.39 is 24.1 Å². The number of nitrogens with zero attached hydrogens (tertiary/aromatic N) is 4. The maximum absolute atomic E-state index is 14.9. The van der Waals surface area contributed by atoms with Gasteiger partial charge in [0.05, 0.1) is 24.0 Å². The second-order valence-electron chi connectivity index (χ2n) is 12.3. The summed E-state index contributed by atoms with van der Waals surface area (Å²) in [5.74, 6) is -0.871. The van der Waals surface area contributed by atoms with E-state index in [-0.39, 0.29) is 22.6 Å². The highest BCUT2D eigenvalue weighted by molar-refractivity contribution is 6.33. The molecule has 0 N–H and O–H groups in total. The molecule has 0 amide bonds. The van der Waals surface area contributed by atoms with Crippen molar-refractivity contribution in [2.24, 2.45) is 0 Å². The molecule has 1 aliphatic rings. The fourth-order valence-electron chi connectivity index (χ4n) is 7.49. The average molecular weight is 711 g/mol. The van der Waals surface area contributed by atoms with Crippen molar-refractivity contribution in [3.63, 3.8) is 0 Å². The largest absolute Gasteiger partial charge is 0.430 e. The number of furan rings is 2. The van der Waals surface area contributed by atoms with Crippen molar-refractivity contribution < 1.29 is 46.7 Å². The van der Waals surface area contributed by atoms with E-state index in [1.807, 2.05) is 121 Å². The predicted octanol–water partition coefficient (Wildman–Crippen LogP) is 6.03. The number of carbonyl (C=O) groups excluding carboxylic acids is 2. The summed E-state index contributed by atoms with van der Waals surface area (Å²) >= 11 is 0. The Labute approximate surface area is 302 Å². The standard InChI is InChI=1S/C40H46N4O8/c1-7-41-27(23-29(47-9-3)48-10-4)31-33-35(45)38-34(36(46)37(33)51-39(31)43(41)25-19-15-13-16-20-25)32-28(24-30(49-11-5)50-12-6)42(8-2)44(40(32)52-38)26-21-17-14-18-22-26/h13-22,29-30H,7-12,23-24H2,1-6H3/q+2. The molecule has 0 radical (unpaired) electrons. The van der Waals surface area contributed by atoms with E-state index in [0.29, 0.717) is 74.6 Å². The monoisotopic (exact) mass is 710 g/mol. The van der Waals surface area contributed by atoms with Gasteiger partial charge in [0, 0.05) is 26.4 Å². The second kappa shape index (κ2) is 15.0. The summed E-state index contributed by atoms with van der Waals surface area (Å²) in [7, 11) is 0. The Balaban J connectivity index is 1.50.